The molecular weight excluding hydrogens is 384 g/mol. The zero-order valence-corrected chi connectivity index (χ0v) is 21.6. The predicted octanol–water partition coefficient (Wildman–Crippen LogP) is 9.17. The van der Waals surface area contributed by atoms with Gasteiger partial charge in [0, 0.05) is 13.5 Å². The third kappa shape index (κ3) is 23.9. The van der Waals surface area contributed by atoms with Crippen molar-refractivity contribution in [2.75, 3.05) is 14.2 Å². The Balaban J connectivity index is 3.21. The monoisotopic (exact) mass is 440 g/mol. The Morgan fingerprint density at radius 2 is 0.903 bits per heavy atom. The molecule has 186 valence electrons. The average Bonchev–Trinajstić information content (AvgIpc) is 2.79. The Bertz CT molecular complexity index is 356. The van der Waals surface area contributed by atoms with Crippen molar-refractivity contribution in [3.63, 3.8) is 0 Å². The number of hydrogen-bond donors (Lipinski definition) is 0. The maximum absolute atomic E-state index is 11.2. The molecule has 0 heterocycles. The lowest BCUT2D eigenvalue weighted by molar-refractivity contribution is -0.140. The minimum absolute atomic E-state index is 0.113. The van der Waals surface area contributed by atoms with E-state index in [-0.39, 0.29) is 5.97 Å². The van der Waals surface area contributed by atoms with Crippen molar-refractivity contribution in [1.29, 1.82) is 0 Å². The molecule has 0 saturated heterocycles. The van der Waals surface area contributed by atoms with Gasteiger partial charge in [0.05, 0.1) is 13.2 Å². The number of ether oxygens (including phenoxy) is 2. The molecule has 0 amide bonds. The first kappa shape index (κ1) is 30.4. The molecule has 0 saturated carbocycles. The van der Waals surface area contributed by atoms with Gasteiger partial charge in [-0.25, -0.2) is 0 Å². The number of carbonyl (C=O) groups excluding carboxylic acids is 1. The van der Waals surface area contributed by atoms with E-state index in [1.807, 2.05) is 0 Å². The Labute approximate surface area is 195 Å². The molecule has 31 heavy (non-hydrogen) atoms. The van der Waals surface area contributed by atoms with Gasteiger partial charge < -0.3 is 9.47 Å². The molecular formula is C28H56O3. The van der Waals surface area contributed by atoms with Crippen LogP contribution in [0, 0.1) is 0 Å². The van der Waals surface area contributed by atoms with Crippen LogP contribution in [0.3, 0.4) is 0 Å². The van der Waals surface area contributed by atoms with E-state index in [0.29, 0.717) is 12.5 Å². The fourth-order valence-electron chi connectivity index (χ4n) is 4.41. The molecule has 0 spiro atoms. The van der Waals surface area contributed by atoms with E-state index < -0.39 is 0 Å². The number of carbonyl (C=O) groups is 1. The van der Waals surface area contributed by atoms with Crippen LogP contribution in [-0.4, -0.2) is 26.3 Å². The summed E-state index contributed by atoms with van der Waals surface area (Å²) in [7, 11) is 3.24. The summed E-state index contributed by atoms with van der Waals surface area (Å²) in [6.07, 6.45) is 30.7. The van der Waals surface area contributed by atoms with E-state index in [2.05, 4.69) is 11.7 Å². The molecule has 0 N–H and O–H groups in total. The first-order valence-electron chi connectivity index (χ1n) is 13.8. The molecule has 0 aromatic heterocycles. The van der Waals surface area contributed by atoms with Crippen molar-refractivity contribution < 1.29 is 14.3 Å². The van der Waals surface area contributed by atoms with Crippen molar-refractivity contribution in [3.05, 3.63) is 0 Å². The Kier molecular flexibility index (Phi) is 25.2. The van der Waals surface area contributed by atoms with Gasteiger partial charge in [-0.15, -0.1) is 0 Å². The van der Waals surface area contributed by atoms with Crippen LogP contribution in [0.4, 0.5) is 0 Å². The Morgan fingerprint density at radius 1 is 0.548 bits per heavy atom. The quantitative estimate of drug-likeness (QED) is 0.105. The summed E-state index contributed by atoms with van der Waals surface area (Å²) in [6.45, 7) is 2.29. The molecule has 0 aliphatic rings. The summed E-state index contributed by atoms with van der Waals surface area (Å²) in [5.74, 6) is -0.113. The van der Waals surface area contributed by atoms with Crippen molar-refractivity contribution in [2.24, 2.45) is 0 Å². The van der Waals surface area contributed by atoms with Crippen LogP contribution in [-0.2, 0) is 14.3 Å². The molecule has 0 rings (SSSR count). The van der Waals surface area contributed by atoms with Crippen LogP contribution in [0.25, 0.3) is 0 Å². The van der Waals surface area contributed by atoms with Gasteiger partial charge in [-0.2, -0.15) is 0 Å². The zero-order valence-electron chi connectivity index (χ0n) is 21.6. The van der Waals surface area contributed by atoms with Gasteiger partial charge >= 0.3 is 5.97 Å². The molecule has 0 aromatic rings. The Morgan fingerprint density at radius 3 is 1.26 bits per heavy atom. The molecule has 3 nitrogen and oxygen atoms in total. The zero-order chi connectivity index (χ0) is 22.8. The number of rotatable bonds is 25. The van der Waals surface area contributed by atoms with Gasteiger partial charge in [0.15, 0.2) is 0 Å². The van der Waals surface area contributed by atoms with E-state index in [9.17, 15) is 4.79 Å². The summed E-state index contributed by atoms with van der Waals surface area (Å²) in [5.41, 5.74) is 0. The predicted molar refractivity (Wildman–Crippen MR) is 135 cm³/mol. The molecule has 0 aromatic carbocycles. The second kappa shape index (κ2) is 25.7. The van der Waals surface area contributed by atoms with Gasteiger partial charge in [-0.05, 0) is 19.3 Å². The normalized spacial score (nSPS) is 12.2. The first-order chi connectivity index (χ1) is 15.2. The van der Waals surface area contributed by atoms with Crippen molar-refractivity contribution in [3.8, 4) is 0 Å². The number of hydrogen-bond acceptors (Lipinski definition) is 3. The molecule has 3 heteroatoms. The van der Waals surface area contributed by atoms with E-state index in [4.69, 9.17) is 4.74 Å². The highest BCUT2D eigenvalue weighted by Crippen LogP contribution is 2.16. The van der Waals surface area contributed by atoms with Crippen molar-refractivity contribution in [2.45, 2.75) is 161 Å². The lowest BCUT2D eigenvalue weighted by Gasteiger charge is -2.14. The van der Waals surface area contributed by atoms with Crippen LogP contribution in [0.2, 0.25) is 0 Å². The Hall–Kier alpha value is -0.570. The summed E-state index contributed by atoms with van der Waals surface area (Å²) < 4.78 is 10.2. The molecule has 0 fully saturated rings. The summed E-state index contributed by atoms with van der Waals surface area (Å²) in [4.78, 5) is 11.2. The highest BCUT2D eigenvalue weighted by molar-refractivity contribution is 5.68. The molecule has 0 radical (unpaired) electrons. The van der Waals surface area contributed by atoms with Gasteiger partial charge in [0.1, 0.15) is 0 Å². The molecule has 1 atom stereocenters. The minimum atomic E-state index is -0.113. The van der Waals surface area contributed by atoms with Crippen LogP contribution < -0.4 is 0 Å². The smallest absolute Gasteiger partial charge is 0.305 e. The number of unbranched alkanes of at least 4 members (excludes halogenated alkanes) is 18. The highest BCUT2D eigenvalue weighted by atomic mass is 16.5. The molecule has 0 bridgehead atoms. The van der Waals surface area contributed by atoms with Crippen molar-refractivity contribution >= 4 is 5.97 Å². The summed E-state index contributed by atoms with van der Waals surface area (Å²) in [5, 5.41) is 0. The fraction of sp³-hybridized carbons (Fsp3) is 0.964. The second-order valence-corrected chi connectivity index (χ2v) is 9.48. The average molecular weight is 441 g/mol. The number of methoxy groups -OCH3 is 2. The lowest BCUT2D eigenvalue weighted by Crippen LogP contribution is -2.11. The minimum Gasteiger partial charge on any atom is -0.469 e. The van der Waals surface area contributed by atoms with E-state index in [1.54, 1.807) is 7.11 Å². The number of esters is 1. The van der Waals surface area contributed by atoms with Crippen LogP contribution >= 0.6 is 0 Å². The van der Waals surface area contributed by atoms with E-state index in [0.717, 1.165) is 19.3 Å². The lowest BCUT2D eigenvalue weighted by atomic mass is 10.0. The standard InChI is InChI=1S/C28H56O3/c1-4-5-6-7-8-9-10-11-12-13-14-15-16-17-18-19-20-21-22-24-27(30-2)25-23-26-28(29)31-3/h27H,4-26H2,1-3H3/t27-/m1/s1. The molecule has 0 unspecified atom stereocenters. The van der Waals surface area contributed by atoms with Crippen LogP contribution in [0.15, 0.2) is 0 Å². The van der Waals surface area contributed by atoms with Gasteiger partial charge in [-0.1, -0.05) is 129 Å². The van der Waals surface area contributed by atoms with Gasteiger partial charge in [0.25, 0.3) is 0 Å². The van der Waals surface area contributed by atoms with Gasteiger partial charge in [0.2, 0.25) is 0 Å². The molecule has 0 aliphatic carbocycles. The fourth-order valence-corrected chi connectivity index (χ4v) is 4.41. The van der Waals surface area contributed by atoms with Crippen LogP contribution in [0.5, 0.6) is 0 Å². The van der Waals surface area contributed by atoms with Gasteiger partial charge in [-0.3, -0.25) is 4.79 Å². The SMILES string of the molecule is CCCCCCCCCCCCCCCCCCCCC[C@H](CCCC(=O)OC)OC. The topological polar surface area (TPSA) is 35.5 Å². The first-order valence-corrected chi connectivity index (χ1v) is 13.8. The maximum atomic E-state index is 11.2. The highest BCUT2D eigenvalue weighted by Gasteiger charge is 2.08. The summed E-state index contributed by atoms with van der Waals surface area (Å²) in [6, 6.07) is 0. The third-order valence-corrected chi connectivity index (χ3v) is 6.60. The second-order valence-electron chi connectivity index (χ2n) is 9.48. The van der Waals surface area contributed by atoms with Crippen molar-refractivity contribution in [1.82, 2.24) is 0 Å². The van der Waals surface area contributed by atoms with E-state index >= 15 is 0 Å². The third-order valence-electron chi connectivity index (χ3n) is 6.60. The van der Waals surface area contributed by atoms with Crippen LogP contribution in [0.1, 0.15) is 155 Å². The molecule has 0 aliphatic heterocycles. The van der Waals surface area contributed by atoms with E-state index in [1.165, 1.54) is 129 Å². The largest absolute Gasteiger partial charge is 0.469 e. The maximum Gasteiger partial charge on any atom is 0.305 e. The summed E-state index contributed by atoms with van der Waals surface area (Å²) >= 11 is 0.